The highest BCUT2D eigenvalue weighted by Gasteiger charge is 2.47. The highest BCUT2D eigenvalue weighted by molar-refractivity contribution is 6.10. The molecule has 3 heterocycles. The van der Waals surface area contributed by atoms with E-state index in [9.17, 15) is 9.90 Å². The number of fused-ring (bicyclic) bond motifs is 2. The predicted octanol–water partition coefficient (Wildman–Crippen LogP) is 3.32. The Labute approximate surface area is 185 Å². The predicted molar refractivity (Wildman–Crippen MR) is 121 cm³/mol. The highest BCUT2D eigenvalue weighted by atomic mass is 16.5. The topological polar surface area (TPSA) is 96.3 Å². The van der Waals surface area contributed by atoms with Crippen LogP contribution in [0.1, 0.15) is 47.2 Å². The maximum absolute atomic E-state index is 13.7. The number of hydrogen-bond donors (Lipinski definition) is 2. The number of aliphatic hydroxyl groups is 1. The van der Waals surface area contributed by atoms with Crippen LogP contribution < -0.4 is 9.64 Å². The normalized spacial score (nSPS) is 16.1. The maximum atomic E-state index is 13.7. The quantitative estimate of drug-likeness (QED) is 0.505. The van der Waals surface area contributed by atoms with Gasteiger partial charge >= 0.3 is 0 Å². The van der Waals surface area contributed by atoms with Gasteiger partial charge in [-0.15, -0.1) is 0 Å². The number of benzene rings is 2. The maximum Gasteiger partial charge on any atom is 0.282 e. The molecule has 8 heteroatoms. The summed E-state index contributed by atoms with van der Waals surface area (Å²) in [5.74, 6) is 0.944. The number of rotatable bonds is 5. The van der Waals surface area contributed by atoms with Crippen molar-refractivity contribution < 1.29 is 14.6 Å². The number of para-hydroxylation sites is 3. The van der Waals surface area contributed by atoms with E-state index < -0.39 is 11.5 Å². The molecule has 0 bridgehead atoms. The van der Waals surface area contributed by atoms with Crippen molar-refractivity contribution in [1.29, 1.82) is 0 Å². The first-order valence-electron chi connectivity index (χ1n) is 10.5. The van der Waals surface area contributed by atoms with E-state index in [0.717, 1.165) is 27.9 Å². The Morgan fingerprint density at radius 3 is 2.59 bits per heavy atom. The summed E-state index contributed by atoms with van der Waals surface area (Å²) in [5, 5.41) is 17.5. The molecule has 1 unspecified atom stereocenters. The van der Waals surface area contributed by atoms with Crippen LogP contribution in [0, 0.1) is 0 Å². The van der Waals surface area contributed by atoms with E-state index in [1.807, 2.05) is 74.0 Å². The lowest BCUT2D eigenvalue weighted by Gasteiger charge is -2.29. The summed E-state index contributed by atoms with van der Waals surface area (Å²) >= 11 is 0. The van der Waals surface area contributed by atoms with Gasteiger partial charge in [0.05, 0.1) is 30.8 Å². The van der Waals surface area contributed by atoms with Gasteiger partial charge in [0.2, 0.25) is 5.95 Å². The number of carbonyl (C=O) groups is 1. The van der Waals surface area contributed by atoms with Crippen LogP contribution in [0.4, 0.5) is 5.95 Å². The number of aryl methyl sites for hydroxylation is 1. The fraction of sp³-hybridized carbons (Fsp3) is 0.292. The SMILES string of the molecule is COc1ccccc1C1c2c(n[nH]c2C(C)(C)CO)C(=O)N1c1nc2ccccc2n1C. The first-order valence-corrected chi connectivity index (χ1v) is 10.5. The first-order chi connectivity index (χ1) is 15.4. The molecule has 1 amide bonds. The number of amides is 1. The third-order valence-corrected chi connectivity index (χ3v) is 6.24. The van der Waals surface area contributed by atoms with Gasteiger partial charge in [-0.1, -0.05) is 44.2 Å². The minimum Gasteiger partial charge on any atom is -0.496 e. The van der Waals surface area contributed by atoms with E-state index in [4.69, 9.17) is 9.72 Å². The zero-order chi connectivity index (χ0) is 22.6. The van der Waals surface area contributed by atoms with Crippen molar-refractivity contribution in [3.63, 3.8) is 0 Å². The Morgan fingerprint density at radius 1 is 1.16 bits per heavy atom. The number of anilines is 1. The molecule has 1 atom stereocenters. The minimum absolute atomic E-state index is 0.0965. The average Bonchev–Trinajstić information content (AvgIpc) is 3.46. The standard InChI is InChI=1S/C24H25N5O3/c1-24(2,13-30)21-18-19(26-27-21)22(31)29(20(18)14-9-5-8-12-17(14)32-4)23-25-15-10-6-7-11-16(15)28(23)3/h5-12,20,30H,13H2,1-4H3,(H,26,27). The van der Waals surface area contributed by atoms with Crippen LogP contribution in [0.15, 0.2) is 48.5 Å². The molecule has 2 aromatic carbocycles. The molecule has 1 aliphatic rings. The number of carbonyl (C=O) groups excluding carboxylic acids is 1. The zero-order valence-corrected chi connectivity index (χ0v) is 18.5. The van der Waals surface area contributed by atoms with Crippen LogP contribution in [0.25, 0.3) is 11.0 Å². The molecule has 4 aromatic rings. The molecule has 0 spiro atoms. The van der Waals surface area contributed by atoms with E-state index >= 15 is 0 Å². The van der Waals surface area contributed by atoms with Crippen LogP contribution >= 0.6 is 0 Å². The van der Waals surface area contributed by atoms with Crippen molar-refractivity contribution in [2.75, 3.05) is 18.6 Å². The Morgan fingerprint density at radius 2 is 1.88 bits per heavy atom. The van der Waals surface area contributed by atoms with Gasteiger partial charge in [0.1, 0.15) is 5.75 Å². The van der Waals surface area contributed by atoms with Gasteiger partial charge in [0.25, 0.3) is 5.91 Å². The van der Waals surface area contributed by atoms with Gasteiger partial charge in [-0.05, 0) is 18.2 Å². The number of aromatic amines is 1. The van der Waals surface area contributed by atoms with Gasteiger partial charge in [-0.25, -0.2) is 4.98 Å². The number of methoxy groups -OCH3 is 1. The molecule has 0 radical (unpaired) electrons. The molecule has 0 saturated heterocycles. The number of imidazole rings is 1. The third-order valence-electron chi connectivity index (χ3n) is 6.24. The number of nitrogens with zero attached hydrogens (tertiary/aromatic N) is 4. The minimum atomic E-state index is -0.622. The molecule has 0 fully saturated rings. The van der Waals surface area contributed by atoms with Crippen molar-refractivity contribution in [2.24, 2.45) is 7.05 Å². The molecule has 1 aliphatic heterocycles. The van der Waals surface area contributed by atoms with E-state index in [1.165, 1.54) is 0 Å². The molecule has 0 aliphatic carbocycles. The van der Waals surface area contributed by atoms with Crippen LogP contribution in [0.2, 0.25) is 0 Å². The molecular formula is C24H25N5O3. The lowest BCUT2D eigenvalue weighted by Crippen LogP contribution is -2.33. The summed E-state index contributed by atoms with van der Waals surface area (Å²) < 4.78 is 7.58. The molecule has 2 N–H and O–H groups in total. The van der Waals surface area contributed by atoms with E-state index in [0.29, 0.717) is 17.4 Å². The lowest BCUT2D eigenvalue weighted by atomic mass is 9.84. The van der Waals surface area contributed by atoms with E-state index in [2.05, 4.69) is 10.2 Å². The van der Waals surface area contributed by atoms with Crippen molar-refractivity contribution in [1.82, 2.24) is 19.7 Å². The number of H-pyrrole nitrogens is 1. The molecule has 5 rings (SSSR count). The largest absolute Gasteiger partial charge is 0.496 e. The Bertz CT molecular complexity index is 1340. The summed E-state index contributed by atoms with van der Waals surface area (Å²) in [7, 11) is 3.52. The van der Waals surface area contributed by atoms with Crippen LogP contribution in [0.5, 0.6) is 5.75 Å². The Hall–Kier alpha value is -3.65. The number of aliphatic hydroxyl groups excluding tert-OH is 1. The molecule has 164 valence electrons. The van der Waals surface area contributed by atoms with Crippen molar-refractivity contribution in [3.05, 3.63) is 71.0 Å². The van der Waals surface area contributed by atoms with Gasteiger partial charge in [-0.3, -0.25) is 14.8 Å². The van der Waals surface area contributed by atoms with Gasteiger partial charge in [0, 0.05) is 29.3 Å². The second-order valence-corrected chi connectivity index (χ2v) is 8.68. The molecule has 0 saturated carbocycles. The summed E-state index contributed by atoms with van der Waals surface area (Å²) in [6.07, 6.45) is 0. The van der Waals surface area contributed by atoms with Crippen molar-refractivity contribution >= 4 is 22.9 Å². The van der Waals surface area contributed by atoms with Crippen molar-refractivity contribution in [2.45, 2.75) is 25.3 Å². The fourth-order valence-corrected chi connectivity index (χ4v) is 4.48. The van der Waals surface area contributed by atoms with Crippen LogP contribution in [-0.4, -0.2) is 44.5 Å². The smallest absolute Gasteiger partial charge is 0.282 e. The summed E-state index contributed by atoms with van der Waals surface area (Å²) in [6.45, 7) is 3.74. The summed E-state index contributed by atoms with van der Waals surface area (Å²) in [4.78, 5) is 20.2. The Balaban J connectivity index is 1.80. The highest BCUT2D eigenvalue weighted by Crippen LogP contribution is 2.47. The third kappa shape index (κ3) is 2.76. The lowest BCUT2D eigenvalue weighted by molar-refractivity contribution is 0.0986. The second kappa shape index (κ2) is 7.20. The van der Waals surface area contributed by atoms with Crippen LogP contribution in [-0.2, 0) is 12.5 Å². The fourth-order valence-electron chi connectivity index (χ4n) is 4.48. The zero-order valence-electron chi connectivity index (χ0n) is 18.5. The van der Waals surface area contributed by atoms with Crippen molar-refractivity contribution in [3.8, 4) is 5.75 Å². The van der Waals surface area contributed by atoms with Gasteiger partial charge < -0.3 is 14.4 Å². The Kier molecular flexibility index (Phi) is 4.56. The molecule has 8 nitrogen and oxygen atoms in total. The van der Waals surface area contributed by atoms with Gasteiger partial charge in [-0.2, -0.15) is 5.10 Å². The molecular weight excluding hydrogens is 406 g/mol. The number of aromatic nitrogens is 4. The molecule has 32 heavy (non-hydrogen) atoms. The van der Waals surface area contributed by atoms with E-state index in [1.54, 1.807) is 12.0 Å². The summed E-state index contributed by atoms with van der Waals surface area (Å²) in [5.41, 5.74) is 3.74. The monoisotopic (exact) mass is 431 g/mol. The number of nitrogens with one attached hydrogen (secondary N) is 1. The molecule has 2 aromatic heterocycles. The number of hydrogen-bond acceptors (Lipinski definition) is 5. The summed E-state index contributed by atoms with van der Waals surface area (Å²) in [6, 6.07) is 14.9. The second-order valence-electron chi connectivity index (χ2n) is 8.68. The van der Waals surface area contributed by atoms with Gasteiger partial charge in [0.15, 0.2) is 5.69 Å². The van der Waals surface area contributed by atoms with E-state index in [-0.39, 0.29) is 12.5 Å². The first kappa shape index (κ1) is 20.3. The average molecular weight is 431 g/mol. The van der Waals surface area contributed by atoms with Crippen LogP contribution in [0.3, 0.4) is 0 Å². The number of ether oxygens (including phenoxy) is 1.